The van der Waals surface area contributed by atoms with Crippen LogP contribution in [0, 0.1) is 5.92 Å². The molecule has 1 aromatic carbocycles. The Kier molecular flexibility index (Phi) is 3.44. The number of anilines is 1. The second kappa shape index (κ2) is 5.06. The van der Waals surface area contributed by atoms with Gasteiger partial charge in [-0.15, -0.1) is 11.3 Å². The molecule has 0 radical (unpaired) electrons. The normalized spacial score (nSPS) is 18.8. The van der Waals surface area contributed by atoms with Crippen molar-refractivity contribution in [2.75, 3.05) is 11.4 Å². The van der Waals surface area contributed by atoms with E-state index in [2.05, 4.69) is 63.5 Å². The molecule has 1 aliphatic heterocycles. The molecule has 2 aromatic rings. The van der Waals surface area contributed by atoms with Crippen LogP contribution in [0.2, 0.25) is 0 Å². The van der Waals surface area contributed by atoms with Crippen molar-refractivity contribution in [1.82, 2.24) is 0 Å². The summed E-state index contributed by atoms with van der Waals surface area (Å²) in [7, 11) is 0. The fourth-order valence-corrected chi connectivity index (χ4v) is 4.16. The second-order valence-corrected chi connectivity index (χ2v) is 6.87. The maximum absolute atomic E-state index is 3.63. The fraction of sp³-hybridized carbons (Fsp3) is 0.333. The molecular weight excluding hydrogens is 306 g/mol. The zero-order valence-corrected chi connectivity index (χ0v) is 12.8. The molecule has 1 unspecified atom stereocenters. The number of nitrogens with zero attached hydrogens (tertiary/aromatic N) is 1. The number of hydrogen-bond donors (Lipinski definition) is 0. The first-order valence-electron chi connectivity index (χ1n) is 6.29. The summed E-state index contributed by atoms with van der Waals surface area (Å²) < 4.78 is 1.24. The lowest BCUT2D eigenvalue weighted by molar-refractivity contribution is 0.531. The summed E-state index contributed by atoms with van der Waals surface area (Å²) in [5, 5.41) is 2.15. The van der Waals surface area contributed by atoms with E-state index in [9.17, 15) is 0 Å². The summed E-state index contributed by atoms with van der Waals surface area (Å²) in [4.78, 5) is 3.93. The number of halogens is 1. The Morgan fingerprint density at radius 1 is 1.33 bits per heavy atom. The third-order valence-electron chi connectivity index (χ3n) is 3.46. The fourth-order valence-electron chi connectivity index (χ4n) is 2.67. The first kappa shape index (κ1) is 12.2. The molecule has 0 saturated carbocycles. The highest BCUT2D eigenvalue weighted by Gasteiger charge is 2.22. The van der Waals surface area contributed by atoms with Gasteiger partial charge in [-0.1, -0.05) is 25.1 Å². The third-order valence-corrected chi connectivity index (χ3v) is 5.37. The maximum atomic E-state index is 3.63. The highest BCUT2D eigenvalue weighted by molar-refractivity contribution is 9.10. The average Bonchev–Trinajstić information content (AvgIpc) is 2.75. The van der Waals surface area contributed by atoms with Crippen molar-refractivity contribution in [1.29, 1.82) is 0 Å². The van der Waals surface area contributed by atoms with Gasteiger partial charge in [-0.25, -0.2) is 0 Å². The predicted molar refractivity (Wildman–Crippen MR) is 82.4 cm³/mol. The van der Waals surface area contributed by atoms with Crippen LogP contribution in [0.3, 0.4) is 0 Å². The Balaban J connectivity index is 1.91. The molecule has 0 bridgehead atoms. The summed E-state index contributed by atoms with van der Waals surface area (Å²) in [6.07, 6.45) is 1.21. The Bertz CT molecular complexity index is 549. The highest BCUT2D eigenvalue weighted by Crippen LogP contribution is 2.33. The molecule has 0 fully saturated rings. The van der Waals surface area contributed by atoms with E-state index in [1.165, 1.54) is 27.0 Å². The minimum atomic E-state index is 0.735. The molecule has 2 heterocycles. The van der Waals surface area contributed by atoms with Gasteiger partial charge < -0.3 is 4.90 Å². The zero-order chi connectivity index (χ0) is 12.5. The predicted octanol–water partition coefficient (Wildman–Crippen LogP) is 4.71. The van der Waals surface area contributed by atoms with Crippen LogP contribution in [-0.2, 0) is 13.0 Å². The summed E-state index contributed by atoms with van der Waals surface area (Å²) >= 11 is 5.46. The number of rotatable bonds is 2. The van der Waals surface area contributed by atoms with E-state index in [4.69, 9.17) is 0 Å². The summed E-state index contributed by atoms with van der Waals surface area (Å²) in [6, 6.07) is 10.9. The summed E-state index contributed by atoms with van der Waals surface area (Å²) in [5.41, 5.74) is 2.90. The molecular formula is C15H16BrNS. The first-order valence-corrected chi connectivity index (χ1v) is 7.96. The molecule has 0 amide bonds. The largest absolute Gasteiger partial charge is 0.366 e. The lowest BCUT2D eigenvalue weighted by Crippen LogP contribution is -2.33. The molecule has 0 aliphatic carbocycles. The number of hydrogen-bond acceptors (Lipinski definition) is 2. The molecule has 0 saturated heterocycles. The summed E-state index contributed by atoms with van der Waals surface area (Å²) in [6.45, 7) is 4.51. The van der Waals surface area contributed by atoms with Gasteiger partial charge in [-0.3, -0.25) is 0 Å². The number of fused-ring (bicyclic) bond motifs is 1. The van der Waals surface area contributed by atoms with E-state index in [1.54, 1.807) is 0 Å². The minimum absolute atomic E-state index is 0.735. The molecule has 18 heavy (non-hydrogen) atoms. The van der Waals surface area contributed by atoms with Crippen LogP contribution < -0.4 is 4.90 Å². The van der Waals surface area contributed by atoms with Crippen LogP contribution >= 0.6 is 27.3 Å². The van der Waals surface area contributed by atoms with Gasteiger partial charge in [0, 0.05) is 21.6 Å². The van der Waals surface area contributed by atoms with Gasteiger partial charge in [0.15, 0.2) is 0 Å². The van der Waals surface area contributed by atoms with Crippen molar-refractivity contribution in [3.05, 3.63) is 50.6 Å². The smallest absolute Gasteiger partial charge is 0.0534 e. The van der Waals surface area contributed by atoms with Crippen LogP contribution in [0.25, 0.3) is 0 Å². The summed E-state index contributed by atoms with van der Waals surface area (Å²) in [5.74, 6) is 0.735. The van der Waals surface area contributed by atoms with Crippen molar-refractivity contribution in [3.8, 4) is 0 Å². The number of benzene rings is 1. The van der Waals surface area contributed by atoms with Gasteiger partial charge >= 0.3 is 0 Å². The standard InChI is InChI=1S/C15H16BrNS/c1-11-8-12-4-2-3-5-14(12)17(9-11)10-15-13(16)6-7-18-15/h2-7,11H,8-10H2,1H3. The topological polar surface area (TPSA) is 3.24 Å². The van der Waals surface area contributed by atoms with Crippen LogP contribution in [0.5, 0.6) is 0 Å². The Labute approximate surface area is 121 Å². The molecule has 94 valence electrons. The van der Waals surface area contributed by atoms with E-state index in [0.717, 1.165) is 19.0 Å². The van der Waals surface area contributed by atoms with Crippen molar-refractivity contribution in [3.63, 3.8) is 0 Å². The monoisotopic (exact) mass is 321 g/mol. The number of thiophene rings is 1. The highest BCUT2D eigenvalue weighted by atomic mass is 79.9. The molecule has 1 nitrogen and oxygen atoms in total. The van der Waals surface area contributed by atoms with Gasteiger partial charge in [0.25, 0.3) is 0 Å². The number of para-hydroxylation sites is 1. The van der Waals surface area contributed by atoms with E-state index >= 15 is 0 Å². The van der Waals surface area contributed by atoms with Crippen LogP contribution in [-0.4, -0.2) is 6.54 Å². The molecule has 1 aromatic heterocycles. The van der Waals surface area contributed by atoms with E-state index in [1.807, 2.05) is 11.3 Å². The van der Waals surface area contributed by atoms with Gasteiger partial charge in [0.05, 0.1) is 6.54 Å². The quantitative estimate of drug-likeness (QED) is 0.774. The Hall–Kier alpha value is -0.800. The maximum Gasteiger partial charge on any atom is 0.0534 e. The lowest BCUT2D eigenvalue weighted by Gasteiger charge is -2.34. The van der Waals surface area contributed by atoms with Crippen molar-refractivity contribution >= 4 is 33.0 Å². The molecule has 0 N–H and O–H groups in total. The zero-order valence-electron chi connectivity index (χ0n) is 10.4. The van der Waals surface area contributed by atoms with Crippen LogP contribution in [0.15, 0.2) is 40.2 Å². The third kappa shape index (κ3) is 2.34. The Morgan fingerprint density at radius 2 is 2.17 bits per heavy atom. The van der Waals surface area contributed by atoms with Crippen molar-refractivity contribution in [2.45, 2.75) is 19.9 Å². The van der Waals surface area contributed by atoms with Crippen LogP contribution in [0.1, 0.15) is 17.4 Å². The van der Waals surface area contributed by atoms with Gasteiger partial charge in [-0.05, 0) is 51.3 Å². The minimum Gasteiger partial charge on any atom is -0.366 e. The molecule has 3 heteroatoms. The Morgan fingerprint density at radius 3 is 2.94 bits per heavy atom. The second-order valence-electron chi connectivity index (χ2n) is 5.01. The van der Waals surface area contributed by atoms with E-state index in [0.29, 0.717) is 0 Å². The van der Waals surface area contributed by atoms with Crippen molar-refractivity contribution < 1.29 is 0 Å². The van der Waals surface area contributed by atoms with Crippen LogP contribution in [0.4, 0.5) is 5.69 Å². The van der Waals surface area contributed by atoms with E-state index < -0.39 is 0 Å². The van der Waals surface area contributed by atoms with E-state index in [-0.39, 0.29) is 0 Å². The molecule has 1 aliphatic rings. The lowest BCUT2D eigenvalue weighted by atomic mass is 9.94. The van der Waals surface area contributed by atoms with Crippen molar-refractivity contribution in [2.24, 2.45) is 5.92 Å². The molecule has 3 rings (SSSR count). The molecule has 1 atom stereocenters. The van der Waals surface area contributed by atoms with Gasteiger partial charge in [-0.2, -0.15) is 0 Å². The van der Waals surface area contributed by atoms with Gasteiger partial charge in [0.2, 0.25) is 0 Å². The SMILES string of the molecule is CC1Cc2ccccc2N(Cc2sccc2Br)C1. The first-order chi connectivity index (χ1) is 8.74. The molecule has 0 spiro atoms. The van der Waals surface area contributed by atoms with Gasteiger partial charge in [0.1, 0.15) is 0 Å². The average molecular weight is 322 g/mol.